The summed E-state index contributed by atoms with van der Waals surface area (Å²) in [6.07, 6.45) is 3.20. The second-order valence-corrected chi connectivity index (χ2v) is 8.95. The number of hydrogen-bond donors (Lipinski definition) is 0. The Morgan fingerprint density at radius 3 is 2.31 bits per heavy atom. The van der Waals surface area contributed by atoms with Crippen LogP contribution < -0.4 is 9.30 Å². The molecule has 6 rings (SSSR count). The molecule has 0 saturated heterocycles. The van der Waals surface area contributed by atoms with Gasteiger partial charge in [-0.2, -0.15) is 4.57 Å². The van der Waals surface area contributed by atoms with Crippen molar-refractivity contribution in [2.24, 2.45) is 0 Å². The first-order valence-electron chi connectivity index (χ1n) is 12.4. The van der Waals surface area contributed by atoms with Crippen molar-refractivity contribution in [3.63, 3.8) is 0 Å². The molecule has 0 unspecified atom stereocenters. The third-order valence-electron chi connectivity index (χ3n) is 6.71. The minimum atomic E-state index is 0.899. The SMILES string of the molecule is CCC[n+]1cccc2c(-c3ccc(-c4nc5ccccc5n4-c4ccccc4)cc3)ccc(OC)c21. The van der Waals surface area contributed by atoms with Gasteiger partial charge in [-0.3, -0.25) is 4.57 Å². The van der Waals surface area contributed by atoms with Gasteiger partial charge in [0.25, 0.3) is 5.52 Å². The summed E-state index contributed by atoms with van der Waals surface area (Å²) >= 11 is 0. The number of imidazole rings is 1. The monoisotopic (exact) mass is 470 g/mol. The summed E-state index contributed by atoms with van der Waals surface area (Å²) < 4.78 is 10.3. The summed E-state index contributed by atoms with van der Waals surface area (Å²) in [5, 5.41) is 1.19. The minimum absolute atomic E-state index is 0.899. The molecule has 0 fully saturated rings. The van der Waals surface area contributed by atoms with Gasteiger partial charge in [-0.15, -0.1) is 0 Å². The lowest BCUT2D eigenvalue weighted by molar-refractivity contribution is -0.671. The lowest BCUT2D eigenvalue weighted by atomic mass is 9.98. The van der Waals surface area contributed by atoms with E-state index in [0.717, 1.165) is 52.3 Å². The number of methoxy groups -OCH3 is 1. The van der Waals surface area contributed by atoms with Crippen molar-refractivity contribution in [3.8, 4) is 34.0 Å². The molecule has 0 saturated carbocycles. The normalized spacial score (nSPS) is 11.3. The number of hydrogen-bond acceptors (Lipinski definition) is 2. The molecule has 0 amide bonds. The third-order valence-corrected chi connectivity index (χ3v) is 6.71. The Labute approximate surface area is 211 Å². The number of benzene rings is 4. The maximum absolute atomic E-state index is 5.73. The van der Waals surface area contributed by atoms with Gasteiger partial charge in [0, 0.05) is 23.7 Å². The number of nitrogens with zero attached hydrogens (tertiary/aromatic N) is 3. The summed E-state index contributed by atoms with van der Waals surface area (Å²) in [6, 6.07) is 36.0. The average molecular weight is 471 g/mol. The highest BCUT2D eigenvalue weighted by Gasteiger charge is 2.19. The van der Waals surface area contributed by atoms with Crippen molar-refractivity contribution in [2.75, 3.05) is 7.11 Å². The minimum Gasteiger partial charge on any atom is -0.490 e. The van der Waals surface area contributed by atoms with Gasteiger partial charge < -0.3 is 4.74 Å². The molecule has 0 aliphatic carbocycles. The standard InChI is InChI=1S/C32H28N3O/c1-3-21-34-22-9-12-27-26(19-20-30(36-2)31(27)34)23-15-17-24(18-16-23)32-33-28-13-7-8-14-29(28)35(32)25-10-5-4-6-11-25/h4-20,22H,3,21H2,1-2H3/q+1. The highest BCUT2D eigenvalue weighted by Crippen LogP contribution is 2.34. The van der Waals surface area contributed by atoms with Crippen LogP contribution in [0, 0.1) is 0 Å². The number of aryl methyl sites for hydroxylation is 1. The van der Waals surface area contributed by atoms with Gasteiger partial charge in [0.2, 0.25) is 0 Å². The molecular weight excluding hydrogens is 442 g/mol. The van der Waals surface area contributed by atoms with Gasteiger partial charge >= 0.3 is 0 Å². The molecular formula is C32H28N3O+. The number of fused-ring (bicyclic) bond motifs is 2. The second kappa shape index (κ2) is 9.31. The zero-order valence-corrected chi connectivity index (χ0v) is 20.6. The van der Waals surface area contributed by atoms with Gasteiger partial charge in [-0.1, -0.05) is 61.5 Å². The second-order valence-electron chi connectivity index (χ2n) is 8.95. The summed E-state index contributed by atoms with van der Waals surface area (Å²) in [4.78, 5) is 5.01. The van der Waals surface area contributed by atoms with Crippen LogP contribution in [0.2, 0.25) is 0 Å². The zero-order valence-electron chi connectivity index (χ0n) is 20.6. The highest BCUT2D eigenvalue weighted by molar-refractivity contribution is 5.96. The van der Waals surface area contributed by atoms with Gasteiger partial charge in [0.15, 0.2) is 11.9 Å². The molecule has 2 aromatic heterocycles. The van der Waals surface area contributed by atoms with Crippen LogP contribution in [-0.2, 0) is 6.54 Å². The molecule has 0 aliphatic rings. The van der Waals surface area contributed by atoms with E-state index in [0.29, 0.717) is 0 Å². The van der Waals surface area contributed by atoms with Crippen molar-refractivity contribution in [2.45, 2.75) is 19.9 Å². The van der Waals surface area contributed by atoms with Gasteiger partial charge in [-0.25, -0.2) is 4.98 Å². The predicted molar refractivity (Wildman–Crippen MR) is 146 cm³/mol. The fourth-order valence-corrected chi connectivity index (χ4v) is 5.07. The summed E-state index contributed by atoms with van der Waals surface area (Å²) in [5.41, 5.74) is 7.77. The molecule has 0 radical (unpaired) electrons. The maximum atomic E-state index is 5.73. The fraction of sp³-hybridized carbons (Fsp3) is 0.125. The molecule has 0 N–H and O–H groups in total. The molecule has 4 aromatic carbocycles. The molecule has 4 heteroatoms. The Morgan fingerprint density at radius 2 is 1.53 bits per heavy atom. The van der Waals surface area contributed by atoms with E-state index in [2.05, 4.69) is 113 Å². The highest BCUT2D eigenvalue weighted by atomic mass is 16.5. The molecule has 6 aromatic rings. The van der Waals surface area contributed by atoms with Crippen molar-refractivity contribution in [1.82, 2.24) is 9.55 Å². The molecule has 36 heavy (non-hydrogen) atoms. The van der Waals surface area contributed by atoms with E-state index in [4.69, 9.17) is 9.72 Å². The summed E-state index contributed by atoms with van der Waals surface area (Å²) in [5.74, 6) is 1.84. The van der Waals surface area contributed by atoms with Crippen LogP contribution in [0.5, 0.6) is 5.75 Å². The van der Waals surface area contributed by atoms with E-state index in [1.54, 1.807) is 7.11 Å². The lowest BCUT2D eigenvalue weighted by Gasteiger charge is -2.12. The molecule has 4 nitrogen and oxygen atoms in total. The van der Waals surface area contributed by atoms with Crippen LogP contribution in [0.15, 0.2) is 109 Å². The van der Waals surface area contributed by atoms with Crippen LogP contribution in [0.25, 0.3) is 50.1 Å². The number of rotatable bonds is 6. The molecule has 2 heterocycles. The first-order chi connectivity index (χ1) is 17.8. The van der Waals surface area contributed by atoms with Crippen molar-refractivity contribution in [1.29, 1.82) is 0 Å². The van der Waals surface area contributed by atoms with Crippen molar-refractivity contribution in [3.05, 3.63) is 109 Å². The molecule has 176 valence electrons. The van der Waals surface area contributed by atoms with E-state index in [-0.39, 0.29) is 0 Å². The number of aromatic nitrogens is 3. The summed E-state index contributed by atoms with van der Waals surface area (Å²) in [7, 11) is 1.74. The lowest BCUT2D eigenvalue weighted by Crippen LogP contribution is -2.34. The smallest absolute Gasteiger partial charge is 0.255 e. The van der Waals surface area contributed by atoms with Crippen LogP contribution >= 0.6 is 0 Å². The Morgan fingerprint density at radius 1 is 0.778 bits per heavy atom. The fourth-order valence-electron chi connectivity index (χ4n) is 5.07. The van der Waals surface area contributed by atoms with Gasteiger partial charge in [0.05, 0.1) is 23.5 Å². The van der Waals surface area contributed by atoms with Crippen LogP contribution in [-0.4, -0.2) is 16.7 Å². The first-order valence-corrected chi connectivity index (χ1v) is 12.4. The maximum Gasteiger partial charge on any atom is 0.255 e. The van der Waals surface area contributed by atoms with E-state index < -0.39 is 0 Å². The topological polar surface area (TPSA) is 30.9 Å². The van der Waals surface area contributed by atoms with E-state index in [1.165, 1.54) is 16.5 Å². The largest absolute Gasteiger partial charge is 0.490 e. The predicted octanol–water partition coefficient (Wildman–Crippen LogP) is 7.22. The average Bonchev–Trinajstić information content (AvgIpc) is 3.33. The Hall–Kier alpha value is -4.44. The van der Waals surface area contributed by atoms with Crippen LogP contribution in [0.4, 0.5) is 0 Å². The number of ether oxygens (including phenoxy) is 1. The van der Waals surface area contributed by atoms with Crippen molar-refractivity contribution >= 4 is 21.9 Å². The Balaban J connectivity index is 1.48. The van der Waals surface area contributed by atoms with Gasteiger partial charge in [0.1, 0.15) is 12.4 Å². The van der Waals surface area contributed by atoms with E-state index in [9.17, 15) is 0 Å². The molecule has 0 bridgehead atoms. The van der Waals surface area contributed by atoms with Crippen molar-refractivity contribution < 1.29 is 9.30 Å². The van der Waals surface area contributed by atoms with Crippen LogP contribution in [0.1, 0.15) is 13.3 Å². The first kappa shape index (κ1) is 22.1. The van der Waals surface area contributed by atoms with E-state index >= 15 is 0 Å². The van der Waals surface area contributed by atoms with Gasteiger partial charge in [-0.05, 0) is 53.6 Å². The third kappa shape index (κ3) is 3.72. The molecule has 0 aliphatic heterocycles. The number of para-hydroxylation sites is 3. The summed E-state index contributed by atoms with van der Waals surface area (Å²) in [6.45, 7) is 3.15. The number of pyridine rings is 1. The Bertz CT molecular complexity index is 1670. The van der Waals surface area contributed by atoms with E-state index in [1.807, 2.05) is 12.1 Å². The zero-order chi connectivity index (χ0) is 24.5. The molecule has 0 atom stereocenters. The quantitative estimate of drug-likeness (QED) is 0.241. The molecule has 0 spiro atoms. The Kier molecular flexibility index (Phi) is 5.70. The van der Waals surface area contributed by atoms with Crippen LogP contribution in [0.3, 0.4) is 0 Å².